The van der Waals surface area contributed by atoms with Crippen molar-refractivity contribution in [2.24, 2.45) is 17.3 Å². The van der Waals surface area contributed by atoms with Crippen LogP contribution in [0.5, 0.6) is 0 Å². The van der Waals surface area contributed by atoms with Crippen molar-refractivity contribution in [2.45, 2.75) is 46.6 Å². The van der Waals surface area contributed by atoms with Gasteiger partial charge < -0.3 is 5.11 Å². The quantitative estimate of drug-likeness (QED) is 0.703. The largest absolute Gasteiger partial charge is 0.392 e. The second-order valence-electron chi connectivity index (χ2n) is 5.44. The average molecular weight is 208 g/mol. The van der Waals surface area contributed by atoms with Crippen LogP contribution in [0.3, 0.4) is 0 Å². The summed E-state index contributed by atoms with van der Waals surface area (Å²) in [7, 11) is 0. The molecule has 86 valence electrons. The number of allylic oxidation sites excluding steroid dienone is 2. The molecule has 0 spiro atoms. The van der Waals surface area contributed by atoms with Gasteiger partial charge in [0.2, 0.25) is 0 Å². The molecular formula is C14H24O. The molecule has 0 amide bonds. The summed E-state index contributed by atoms with van der Waals surface area (Å²) < 4.78 is 0. The predicted molar refractivity (Wildman–Crippen MR) is 65.6 cm³/mol. The standard InChI is InChI=1S/C14H24O/c1-6-7-12(15)13-10(2)8-9-11(3)14(13,4)5/h6,9-10,12-13,15H,1,7-8H2,2-5H3/t10-,12?,13+/m1/s1. The van der Waals surface area contributed by atoms with Gasteiger partial charge >= 0.3 is 0 Å². The Bertz CT molecular complexity index is 263. The third-order valence-corrected chi connectivity index (χ3v) is 4.08. The molecule has 1 heteroatoms. The molecule has 0 aliphatic heterocycles. The highest BCUT2D eigenvalue weighted by Crippen LogP contribution is 2.46. The van der Waals surface area contributed by atoms with Crippen molar-refractivity contribution in [3.8, 4) is 0 Å². The van der Waals surface area contributed by atoms with Crippen LogP contribution in [-0.2, 0) is 0 Å². The SMILES string of the molecule is C=CCC(O)[C@@H]1[C@H](C)CC=C(C)C1(C)C. The van der Waals surface area contributed by atoms with Crippen LogP contribution < -0.4 is 0 Å². The smallest absolute Gasteiger partial charge is 0.0613 e. The summed E-state index contributed by atoms with van der Waals surface area (Å²) in [6, 6.07) is 0. The summed E-state index contributed by atoms with van der Waals surface area (Å²) in [5, 5.41) is 10.2. The molecule has 0 aromatic carbocycles. The first-order valence-electron chi connectivity index (χ1n) is 5.87. The molecule has 0 aromatic heterocycles. The van der Waals surface area contributed by atoms with Gasteiger partial charge in [-0.1, -0.05) is 38.5 Å². The minimum absolute atomic E-state index is 0.111. The monoisotopic (exact) mass is 208 g/mol. The number of aliphatic hydroxyl groups excluding tert-OH is 1. The fourth-order valence-electron chi connectivity index (χ4n) is 2.92. The van der Waals surface area contributed by atoms with E-state index in [9.17, 15) is 5.11 Å². The Morgan fingerprint density at radius 3 is 2.80 bits per heavy atom. The van der Waals surface area contributed by atoms with Crippen LogP contribution in [0.25, 0.3) is 0 Å². The maximum absolute atomic E-state index is 10.2. The van der Waals surface area contributed by atoms with E-state index < -0.39 is 0 Å². The van der Waals surface area contributed by atoms with E-state index >= 15 is 0 Å². The van der Waals surface area contributed by atoms with Crippen LogP contribution in [0, 0.1) is 17.3 Å². The Kier molecular flexibility index (Phi) is 3.77. The molecule has 0 saturated heterocycles. The number of aliphatic hydroxyl groups is 1. The second-order valence-corrected chi connectivity index (χ2v) is 5.44. The van der Waals surface area contributed by atoms with Crippen LogP contribution in [-0.4, -0.2) is 11.2 Å². The third kappa shape index (κ3) is 2.34. The molecule has 15 heavy (non-hydrogen) atoms. The molecule has 3 atom stereocenters. The van der Waals surface area contributed by atoms with Crippen LogP contribution in [0.2, 0.25) is 0 Å². The predicted octanol–water partition coefficient (Wildman–Crippen LogP) is 3.55. The molecule has 1 aliphatic rings. The number of hydrogen-bond donors (Lipinski definition) is 1. The summed E-state index contributed by atoms with van der Waals surface area (Å²) >= 11 is 0. The highest BCUT2D eigenvalue weighted by molar-refractivity contribution is 5.17. The van der Waals surface area contributed by atoms with Gasteiger partial charge in [0.25, 0.3) is 0 Å². The Morgan fingerprint density at radius 2 is 2.27 bits per heavy atom. The highest BCUT2D eigenvalue weighted by Gasteiger charge is 2.41. The van der Waals surface area contributed by atoms with Crippen molar-refractivity contribution in [3.63, 3.8) is 0 Å². The normalized spacial score (nSPS) is 31.9. The Morgan fingerprint density at radius 1 is 1.67 bits per heavy atom. The minimum Gasteiger partial charge on any atom is -0.392 e. The summed E-state index contributed by atoms with van der Waals surface area (Å²) in [5.41, 5.74) is 1.52. The van der Waals surface area contributed by atoms with Crippen LogP contribution in [0.4, 0.5) is 0 Å². The van der Waals surface area contributed by atoms with Gasteiger partial charge in [-0.05, 0) is 37.0 Å². The van der Waals surface area contributed by atoms with E-state index in [2.05, 4.69) is 40.3 Å². The molecule has 0 aromatic rings. The summed E-state index contributed by atoms with van der Waals surface area (Å²) in [6.07, 6.45) is 5.68. The first kappa shape index (κ1) is 12.5. The van der Waals surface area contributed by atoms with Crippen LogP contribution in [0.15, 0.2) is 24.3 Å². The topological polar surface area (TPSA) is 20.2 Å². The van der Waals surface area contributed by atoms with Gasteiger partial charge in [0.1, 0.15) is 0 Å². The first-order valence-corrected chi connectivity index (χ1v) is 5.87. The number of hydrogen-bond acceptors (Lipinski definition) is 1. The number of rotatable bonds is 3. The van der Waals surface area contributed by atoms with E-state index in [1.165, 1.54) is 5.57 Å². The molecule has 0 fully saturated rings. The fourth-order valence-corrected chi connectivity index (χ4v) is 2.92. The van der Waals surface area contributed by atoms with Gasteiger partial charge in [0, 0.05) is 0 Å². The van der Waals surface area contributed by atoms with E-state index in [1.807, 2.05) is 6.08 Å². The van der Waals surface area contributed by atoms with Crippen molar-refractivity contribution in [1.29, 1.82) is 0 Å². The van der Waals surface area contributed by atoms with Gasteiger partial charge in [-0.3, -0.25) is 0 Å². The lowest BCUT2D eigenvalue weighted by Crippen LogP contribution is -2.41. The molecule has 1 rings (SSSR count). The lowest BCUT2D eigenvalue weighted by molar-refractivity contribution is 0.0129. The molecule has 0 heterocycles. The van der Waals surface area contributed by atoms with Gasteiger partial charge in [-0.15, -0.1) is 6.58 Å². The summed E-state index contributed by atoms with van der Waals surface area (Å²) in [4.78, 5) is 0. The highest BCUT2D eigenvalue weighted by atomic mass is 16.3. The molecule has 1 unspecified atom stereocenters. The van der Waals surface area contributed by atoms with Gasteiger partial charge in [0.15, 0.2) is 0 Å². The van der Waals surface area contributed by atoms with Crippen LogP contribution >= 0.6 is 0 Å². The van der Waals surface area contributed by atoms with Gasteiger partial charge in [-0.25, -0.2) is 0 Å². The summed E-state index contributed by atoms with van der Waals surface area (Å²) in [5.74, 6) is 0.902. The zero-order chi connectivity index (χ0) is 11.6. The Hall–Kier alpha value is -0.560. The molecule has 0 bridgehead atoms. The van der Waals surface area contributed by atoms with Crippen molar-refractivity contribution in [2.75, 3.05) is 0 Å². The molecular weight excluding hydrogens is 184 g/mol. The lowest BCUT2D eigenvalue weighted by atomic mass is 9.61. The molecule has 0 radical (unpaired) electrons. The molecule has 0 saturated carbocycles. The van der Waals surface area contributed by atoms with E-state index in [-0.39, 0.29) is 11.5 Å². The van der Waals surface area contributed by atoms with Crippen molar-refractivity contribution in [3.05, 3.63) is 24.3 Å². The maximum Gasteiger partial charge on any atom is 0.0613 e. The van der Waals surface area contributed by atoms with Crippen molar-refractivity contribution < 1.29 is 5.11 Å². The molecule has 1 N–H and O–H groups in total. The third-order valence-electron chi connectivity index (χ3n) is 4.08. The van der Waals surface area contributed by atoms with E-state index in [1.54, 1.807) is 0 Å². The lowest BCUT2D eigenvalue weighted by Gasteiger charge is -2.45. The maximum atomic E-state index is 10.2. The first-order chi connectivity index (χ1) is 6.91. The van der Waals surface area contributed by atoms with Gasteiger partial charge in [-0.2, -0.15) is 0 Å². The van der Waals surface area contributed by atoms with E-state index in [0.29, 0.717) is 18.3 Å². The van der Waals surface area contributed by atoms with Gasteiger partial charge in [0.05, 0.1) is 6.10 Å². The van der Waals surface area contributed by atoms with Crippen LogP contribution in [0.1, 0.15) is 40.5 Å². The molecule has 1 nitrogen and oxygen atoms in total. The second kappa shape index (κ2) is 4.52. The average Bonchev–Trinajstić information content (AvgIpc) is 2.12. The Balaban J connectivity index is 2.93. The van der Waals surface area contributed by atoms with Crippen molar-refractivity contribution >= 4 is 0 Å². The zero-order valence-electron chi connectivity index (χ0n) is 10.5. The molecule has 1 aliphatic carbocycles. The van der Waals surface area contributed by atoms with E-state index in [4.69, 9.17) is 0 Å². The fraction of sp³-hybridized carbons (Fsp3) is 0.714. The minimum atomic E-state index is -0.254. The zero-order valence-corrected chi connectivity index (χ0v) is 10.5. The van der Waals surface area contributed by atoms with E-state index in [0.717, 1.165) is 6.42 Å². The summed E-state index contributed by atoms with van der Waals surface area (Å²) in [6.45, 7) is 12.6. The van der Waals surface area contributed by atoms with Crippen molar-refractivity contribution in [1.82, 2.24) is 0 Å². The Labute approximate surface area is 93.9 Å².